The second-order valence-corrected chi connectivity index (χ2v) is 6.67. The SMILES string of the molecule is Cc1ccc(-c2cc(-c3cccc(Br)c3)c(C#N)c(N)n2)c(C)c1. The third kappa shape index (κ3) is 3.04. The molecule has 0 aliphatic rings. The van der Waals surface area contributed by atoms with E-state index in [2.05, 4.69) is 53.0 Å². The van der Waals surface area contributed by atoms with Gasteiger partial charge in [-0.1, -0.05) is 51.8 Å². The Morgan fingerprint density at radius 3 is 2.50 bits per heavy atom. The summed E-state index contributed by atoms with van der Waals surface area (Å²) >= 11 is 3.48. The minimum absolute atomic E-state index is 0.255. The van der Waals surface area contributed by atoms with Gasteiger partial charge in [0.2, 0.25) is 0 Å². The molecule has 3 aromatic rings. The second kappa shape index (κ2) is 6.46. The summed E-state index contributed by atoms with van der Waals surface area (Å²) in [5, 5.41) is 9.50. The average molecular weight is 378 g/mol. The van der Waals surface area contributed by atoms with E-state index in [4.69, 9.17) is 5.73 Å². The van der Waals surface area contributed by atoms with Crippen molar-refractivity contribution in [3.8, 4) is 28.5 Å². The molecule has 0 atom stereocenters. The molecule has 0 bridgehead atoms. The third-order valence-corrected chi connectivity index (χ3v) is 4.45. The Kier molecular flexibility index (Phi) is 4.37. The lowest BCUT2D eigenvalue weighted by Crippen LogP contribution is -2.00. The smallest absolute Gasteiger partial charge is 0.142 e. The normalized spacial score (nSPS) is 10.4. The van der Waals surface area contributed by atoms with Crippen LogP contribution in [0.1, 0.15) is 16.7 Å². The number of rotatable bonds is 2. The van der Waals surface area contributed by atoms with E-state index in [1.54, 1.807) is 0 Å². The van der Waals surface area contributed by atoms with Gasteiger partial charge in [-0.2, -0.15) is 5.26 Å². The van der Waals surface area contributed by atoms with Gasteiger partial charge in [-0.25, -0.2) is 4.98 Å². The Balaban J connectivity index is 2.26. The van der Waals surface area contributed by atoms with Crippen molar-refractivity contribution in [2.24, 2.45) is 0 Å². The predicted molar refractivity (Wildman–Crippen MR) is 101 cm³/mol. The number of hydrogen-bond acceptors (Lipinski definition) is 3. The van der Waals surface area contributed by atoms with Crippen LogP contribution in [0.4, 0.5) is 5.82 Å². The summed E-state index contributed by atoms with van der Waals surface area (Å²) in [5.74, 6) is 0.255. The topological polar surface area (TPSA) is 62.7 Å². The summed E-state index contributed by atoms with van der Waals surface area (Å²) < 4.78 is 0.951. The highest BCUT2D eigenvalue weighted by molar-refractivity contribution is 9.10. The van der Waals surface area contributed by atoms with Gasteiger partial charge < -0.3 is 5.73 Å². The Morgan fingerprint density at radius 2 is 1.83 bits per heavy atom. The van der Waals surface area contributed by atoms with Crippen molar-refractivity contribution in [1.82, 2.24) is 4.98 Å². The first kappa shape index (κ1) is 16.2. The number of aryl methyl sites for hydroxylation is 2. The Bertz CT molecular complexity index is 971. The fourth-order valence-corrected chi connectivity index (χ4v) is 3.20. The molecule has 2 aromatic carbocycles. The Hall–Kier alpha value is -2.64. The van der Waals surface area contributed by atoms with Crippen LogP contribution in [0.25, 0.3) is 22.4 Å². The van der Waals surface area contributed by atoms with Crippen molar-refractivity contribution < 1.29 is 0 Å². The molecule has 1 heterocycles. The molecule has 1 aromatic heterocycles. The summed E-state index contributed by atoms with van der Waals surface area (Å²) in [6.07, 6.45) is 0. The van der Waals surface area contributed by atoms with Crippen molar-refractivity contribution in [1.29, 1.82) is 5.26 Å². The number of aromatic nitrogens is 1. The molecule has 0 saturated carbocycles. The van der Waals surface area contributed by atoms with Gasteiger partial charge in [-0.15, -0.1) is 0 Å². The van der Waals surface area contributed by atoms with E-state index in [-0.39, 0.29) is 5.82 Å². The number of halogens is 1. The van der Waals surface area contributed by atoms with E-state index in [0.717, 1.165) is 32.4 Å². The standard InChI is InChI=1S/C20H16BrN3/c1-12-6-7-16(13(2)8-12)19-10-17(18(11-22)20(23)24-19)14-4-3-5-15(21)9-14/h3-10H,1-2H3,(H2,23,24). The maximum Gasteiger partial charge on any atom is 0.142 e. The number of benzene rings is 2. The number of pyridine rings is 1. The highest BCUT2D eigenvalue weighted by Crippen LogP contribution is 2.33. The van der Waals surface area contributed by atoms with Crippen LogP contribution < -0.4 is 5.73 Å². The lowest BCUT2D eigenvalue weighted by Gasteiger charge is -2.12. The molecule has 4 heteroatoms. The highest BCUT2D eigenvalue weighted by atomic mass is 79.9. The quantitative estimate of drug-likeness (QED) is 0.663. The minimum atomic E-state index is 0.255. The van der Waals surface area contributed by atoms with E-state index >= 15 is 0 Å². The van der Waals surface area contributed by atoms with Crippen molar-refractivity contribution in [3.63, 3.8) is 0 Å². The van der Waals surface area contributed by atoms with Gasteiger partial charge >= 0.3 is 0 Å². The van der Waals surface area contributed by atoms with Gasteiger partial charge in [-0.3, -0.25) is 0 Å². The van der Waals surface area contributed by atoms with Gasteiger partial charge in [0.05, 0.1) is 5.69 Å². The van der Waals surface area contributed by atoms with Crippen LogP contribution in [0.15, 0.2) is 53.0 Å². The van der Waals surface area contributed by atoms with Crippen LogP contribution in [0.5, 0.6) is 0 Å². The van der Waals surface area contributed by atoms with Crippen LogP contribution in [-0.4, -0.2) is 4.98 Å². The molecular weight excluding hydrogens is 362 g/mol. The first-order valence-electron chi connectivity index (χ1n) is 7.54. The molecule has 3 rings (SSSR count). The minimum Gasteiger partial charge on any atom is -0.383 e. The fraction of sp³-hybridized carbons (Fsp3) is 0.100. The maximum atomic E-state index is 9.50. The Labute approximate surface area is 149 Å². The molecule has 0 spiro atoms. The van der Waals surface area contributed by atoms with Crippen LogP contribution in [0.2, 0.25) is 0 Å². The van der Waals surface area contributed by atoms with Gasteiger partial charge in [0, 0.05) is 15.6 Å². The molecular formula is C20H16BrN3. The summed E-state index contributed by atoms with van der Waals surface area (Å²) in [7, 11) is 0. The molecule has 24 heavy (non-hydrogen) atoms. The summed E-state index contributed by atoms with van der Waals surface area (Å²) in [6, 6.07) is 18.2. The maximum absolute atomic E-state index is 9.50. The molecule has 0 aliphatic carbocycles. The second-order valence-electron chi connectivity index (χ2n) is 5.76. The summed E-state index contributed by atoms with van der Waals surface area (Å²) in [5.41, 5.74) is 12.3. The fourth-order valence-electron chi connectivity index (χ4n) is 2.80. The van der Waals surface area contributed by atoms with Crippen LogP contribution in [-0.2, 0) is 0 Å². The number of nitriles is 1. The number of nitrogen functional groups attached to an aromatic ring is 1. The number of anilines is 1. The molecule has 3 nitrogen and oxygen atoms in total. The monoisotopic (exact) mass is 377 g/mol. The van der Waals surface area contributed by atoms with Crippen molar-refractivity contribution in [2.75, 3.05) is 5.73 Å². The van der Waals surface area contributed by atoms with E-state index in [0.29, 0.717) is 5.56 Å². The first-order valence-corrected chi connectivity index (χ1v) is 8.33. The lowest BCUT2D eigenvalue weighted by molar-refractivity contribution is 1.28. The summed E-state index contributed by atoms with van der Waals surface area (Å²) in [4.78, 5) is 4.46. The first-order chi connectivity index (χ1) is 11.5. The Morgan fingerprint density at radius 1 is 1.04 bits per heavy atom. The van der Waals surface area contributed by atoms with Crippen LogP contribution in [0.3, 0.4) is 0 Å². The van der Waals surface area contributed by atoms with Crippen molar-refractivity contribution in [3.05, 3.63) is 69.7 Å². The predicted octanol–water partition coefficient (Wildman–Crippen LogP) is 5.25. The van der Waals surface area contributed by atoms with E-state index in [1.165, 1.54) is 5.56 Å². The van der Waals surface area contributed by atoms with Crippen molar-refractivity contribution in [2.45, 2.75) is 13.8 Å². The number of nitrogens with zero attached hydrogens (tertiary/aromatic N) is 2. The molecule has 2 N–H and O–H groups in total. The van der Waals surface area contributed by atoms with Gasteiger partial charge in [0.25, 0.3) is 0 Å². The van der Waals surface area contributed by atoms with Gasteiger partial charge in [-0.05, 0) is 43.2 Å². The zero-order valence-corrected chi connectivity index (χ0v) is 15.1. The molecule has 0 radical (unpaired) electrons. The molecule has 0 saturated heterocycles. The average Bonchev–Trinajstić information content (AvgIpc) is 2.54. The van der Waals surface area contributed by atoms with E-state index < -0.39 is 0 Å². The molecule has 0 fully saturated rings. The third-order valence-electron chi connectivity index (χ3n) is 3.95. The van der Waals surface area contributed by atoms with E-state index in [1.807, 2.05) is 36.4 Å². The largest absolute Gasteiger partial charge is 0.383 e. The number of nitrogens with two attached hydrogens (primary N) is 1. The van der Waals surface area contributed by atoms with Crippen LogP contribution >= 0.6 is 15.9 Å². The highest BCUT2D eigenvalue weighted by Gasteiger charge is 2.14. The van der Waals surface area contributed by atoms with Crippen molar-refractivity contribution >= 4 is 21.7 Å². The molecule has 0 unspecified atom stereocenters. The van der Waals surface area contributed by atoms with Gasteiger partial charge in [0.15, 0.2) is 0 Å². The van der Waals surface area contributed by atoms with Gasteiger partial charge in [0.1, 0.15) is 17.5 Å². The molecule has 0 aliphatic heterocycles. The summed E-state index contributed by atoms with van der Waals surface area (Å²) in [6.45, 7) is 4.11. The van der Waals surface area contributed by atoms with Crippen LogP contribution in [0, 0.1) is 25.2 Å². The zero-order valence-electron chi connectivity index (χ0n) is 13.5. The zero-order chi connectivity index (χ0) is 17.3. The van der Waals surface area contributed by atoms with E-state index in [9.17, 15) is 5.26 Å². The molecule has 0 amide bonds. The number of hydrogen-bond donors (Lipinski definition) is 1. The molecule has 118 valence electrons. The lowest BCUT2D eigenvalue weighted by atomic mass is 9.96.